The molecule has 3 aromatic rings. The number of ether oxygens (including phenoxy) is 1. The summed E-state index contributed by atoms with van der Waals surface area (Å²) in [6.07, 6.45) is 0. The van der Waals surface area contributed by atoms with Crippen molar-refractivity contribution in [2.75, 3.05) is 33.3 Å². The standard InChI is InChI=1S/C19H20ClN3O4S/c1-26-15-3-5-16(6-4-15)28(24,25)23-10-8-22(9-11-23)13-19-21-17-7-2-14(20)12-18(17)27-19/h2-7,12H,8-11,13H2,1H3. The molecule has 1 aromatic heterocycles. The van der Waals surface area contributed by atoms with Crippen LogP contribution in [0.3, 0.4) is 0 Å². The van der Waals surface area contributed by atoms with Crippen LogP contribution in [-0.4, -0.2) is 55.9 Å². The Bertz CT molecular complexity index is 1070. The summed E-state index contributed by atoms with van der Waals surface area (Å²) in [7, 11) is -1.96. The maximum atomic E-state index is 12.8. The number of sulfonamides is 1. The third-order valence-corrected chi connectivity index (χ3v) is 6.93. The molecule has 0 bridgehead atoms. The molecular weight excluding hydrogens is 402 g/mol. The molecule has 0 N–H and O–H groups in total. The molecule has 0 radical (unpaired) electrons. The van der Waals surface area contributed by atoms with E-state index in [4.69, 9.17) is 20.8 Å². The molecule has 2 heterocycles. The Morgan fingerprint density at radius 3 is 2.50 bits per heavy atom. The van der Waals surface area contributed by atoms with E-state index in [-0.39, 0.29) is 4.90 Å². The monoisotopic (exact) mass is 421 g/mol. The van der Waals surface area contributed by atoms with Gasteiger partial charge in [-0.05, 0) is 36.4 Å². The quantitative estimate of drug-likeness (QED) is 0.630. The number of nitrogens with zero attached hydrogens (tertiary/aromatic N) is 3. The van der Waals surface area contributed by atoms with Gasteiger partial charge in [0.25, 0.3) is 0 Å². The molecule has 0 aliphatic carbocycles. The van der Waals surface area contributed by atoms with Gasteiger partial charge in [0.05, 0.1) is 18.6 Å². The first kappa shape index (κ1) is 19.2. The lowest BCUT2D eigenvalue weighted by Gasteiger charge is -2.33. The Balaban J connectivity index is 1.40. The van der Waals surface area contributed by atoms with Crippen LogP contribution >= 0.6 is 11.6 Å². The van der Waals surface area contributed by atoms with E-state index < -0.39 is 10.0 Å². The van der Waals surface area contributed by atoms with Gasteiger partial charge in [0.2, 0.25) is 15.9 Å². The van der Waals surface area contributed by atoms with Gasteiger partial charge in [-0.15, -0.1) is 0 Å². The highest BCUT2D eigenvalue weighted by Crippen LogP contribution is 2.23. The second kappa shape index (κ2) is 7.71. The first-order valence-electron chi connectivity index (χ1n) is 8.87. The average Bonchev–Trinajstić information content (AvgIpc) is 3.09. The number of benzene rings is 2. The molecule has 0 spiro atoms. The molecular formula is C19H20ClN3O4S. The molecule has 7 nitrogen and oxygen atoms in total. The Morgan fingerprint density at radius 2 is 1.82 bits per heavy atom. The minimum absolute atomic E-state index is 0.276. The van der Waals surface area contributed by atoms with Crippen LogP contribution in [0.15, 0.2) is 51.8 Å². The molecule has 0 atom stereocenters. The Kier molecular flexibility index (Phi) is 5.29. The summed E-state index contributed by atoms with van der Waals surface area (Å²) in [6, 6.07) is 11.8. The fourth-order valence-electron chi connectivity index (χ4n) is 3.23. The molecule has 0 unspecified atom stereocenters. The van der Waals surface area contributed by atoms with Gasteiger partial charge in [-0.25, -0.2) is 13.4 Å². The van der Waals surface area contributed by atoms with Gasteiger partial charge < -0.3 is 9.15 Å². The first-order chi connectivity index (χ1) is 13.5. The number of aromatic nitrogens is 1. The predicted octanol–water partition coefficient (Wildman–Crippen LogP) is 3.00. The molecule has 4 rings (SSSR count). The lowest BCUT2D eigenvalue weighted by atomic mass is 10.3. The van der Waals surface area contributed by atoms with E-state index >= 15 is 0 Å². The van der Waals surface area contributed by atoms with Crippen LogP contribution in [-0.2, 0) is 16.6 Å². The van der Waals surface area contributed by atoms with Gasteiger partial charge in [-0.2, -0.15) is 4.31 Å². The maximum Gasteiger partial charge on any atom is 0.243 e. The van der Waals surface area contributed by atoms with Crippen molar-refractivity contribution in [2.24, 2.45) is 0 Å². The van der Waals surface area contributed by atoms with Gasteiger partial charge in [-0.3, -0.25) is 4.90 Å². The summed E-state index contributed by atoms with van der Waals surface area (Å²) in [5, 5.41) is 0.604. The van der Waals surface area contributed by atoms with Crippen molar-refractivity contribution in [2.45, 2.75) is 11.4 Å². The zero-order valence-electron chi connectivity index (χ0n) is 15.3. The topological polar surface area (TPSA) is 75.9 Å². The second-order valence-corrected chi connectivity index (χ2v) is 8.95. The van der Waals surface area contributed by atoms with Crippen LogP contribution in [0.2, 0.25) is 5.02 Å². The van der Waals surface area contributed by atoms with E-state index in [1.54, 1.807) is 43.5 Å². The van der Waals surface area contributed by atoms with Gasteiger partial charge in [0.15, 0.2) is 5.58 Å². The second-order valence-electron chi connectivity index (χ2n) is 6.58. The number of hydrogen-bond acceptors (Lipinski definition) is 6. The molecule has 0 saturated carbocycles. The van der Waals surface area contributed by atoms with E-state index in [0.29, 0.717) is 55.0 Å². The minimum Gasteiger partial charge on any atom is -0.497 e. The van der Waals surface area contributed by atoms with Crippen LogP contribution in [0.1, 0.15) is 5.89 Å². The van der Waals surface area contributed by atoms with Crippen molar-refractivity contribution in [1.29, 1.82) is 0 Å². The molecule has 1 aliphatic rings. The fraction of sp³-hybridized carbons (Fsp3) is 0.316. The van der Waals surface area contributed by atoms with Crippen LogP contribution < -0.4 is 4.74 Å². The molecule has 1 fully saturated rings. The van der Waals surface area contributed by atoms with E-state index in [0.717, 1.165) is 5.52 Å². The Labute approximate surface area is 168 Å². The van der Waals surface area contributed by atoms with Crippen molar-refractivity contribution in [3.05, 3.63) is 53.4 Å². The van der Waals surface area contributed by atoms with E-state index in [2.05, 4.69) is 9.88 Å². The van der Waals surface area contributed by atoms with E-state index in [1.165, 1.54) is 4.31 Å². The molecule has 1 saturated heterocycles. The molecule has 0 amide bonds. The normalized spacial score (nSPS) is 16.5. The summed E-state index contributed by atoms with van der Waals surface area (Å²) in [5.74, 6) is 1.23. The van der Waals surface area contributed by atoms with Crippen LogP contribution in [0, 0.1) is 0 Å². The van der Waals surface area contributed by atoms with E-state index in [1.807, 2.05) is 6.07 Å². The van der Waals surface area contributed by atoms with Gasteiger partial charge in [0.1, 0.15) is 11.3 Å². The van der Waals surface area contributed by atoms with Crippen molar-refractivity contribution in [3.63, 3.8) is 0 Å². The van der Waals surface area contributed by atoms with Crippen molar-refractivity contribution < 1.29 is 17.6 Å². The van der Waals surface area contributed by atoms with Crippen molar-refractivity contribution in [3.8, 4) is 5.75 Å². The summed E-state index contributed by atoms with van der Waals surface area (Å²) in [5.41, 5.74) is 1.42. The number of halogens is 1. The highest BCUT2D eigenvalue weighted by Gasteiger charge is 2.29. The van der Waals surface area contributed by atoms with E-state index in [9.17, 15) is 8.42 Å². The number of fused-ring (bicyclic) bond motifs is 1. The predicted molar refractivity (Wildman–Crippen MR) is 106 cm³/mol. The fourth-order valence-corrected chi connectivity index (χ4v) is 4.81. The van der Waals surface area contributed by atoms with Crippen LogP contribution in [0.25, 0.3) is 11.1 Å². The highest BCUT2D eigenvalue weighted by atomic mass is 35.5. The lowest BCUT2D eigenvalue weighted by molar-refractivity contribution is 0.169. The Hall–Kier alpha value is -2.13. The summed E-state index contributed by atoms with van der Waals surface area (Å²) in [6.45, 7) is 2.58. The number of methoxy groups -OCH3 is 1. The molecule has 148 valence electrons. The third kappa shape index (κ3) is 3.86. The zero-order chi connectivity index (χ0) is 19.7. The van der Waals surface area contributed by atoms with Gasteiger partial charge in [0, 0.05) is 37.3 Å². The SMILES string of the molecule is COc1ccc(S(=O)(=O)N2CCN(Cc3nc4ccc(Cl)cc4o3)CC2)cc1. The zero-order valence-corrected chi connectivity index (χ0v) is 16.9. The number of piperazine rings is 1. The van der Waals surface area contributed by atoms with Crippen molar-refractivity contribution in [1.82, 2.24) is 14.2 Å². The number of oxazole rings is 1. The maximum absolute atomic E-state index is 12.8. The lowest BCUT2D eigenvalue weighted by Crippen LogP contribution is -2.48. The molecule has 1 aliphatic heterocycles. The summed E-state index contributed by atoms with van der Waals surface area (Å²) in [4.78, 5) is 6.88. The van der Waals surface area contributed by atoms with Crippen molar-refractivity contribution >= 4 is 32.7 Å². The first-order valence-corrected chi connectivity index (χ1v) is 10.7. The average molecular weight is 422 g/mol. The molecule has 9 heteroatoms. The third-order valence-electron chi connectivity index (χ3n) is 4.78. The molecule has 28 heavy (non-hydrogen) atoms. The summed E-state index contributed by atoms with van der Waals surface area (Å²) < 4.78 is 38.0. The molecule has 2 aromatic carbocycles. The smallest absolute Gasteiger partial charge is 0.243 e. The van der Waals surface area contributed by atoms with Gasteiger partial charge >= 0.3 is 0 Å². The van der Waals surface area contributed by atoms with Crippen LogP contribution in [0.5, 0.6) is 5.75 Å². The van der Waals surface area contributed by atoms with Crippen LogP contribution in [0.4, 0.5) is 0 Å². The largest absolute Gasteiger partial charge is 0.497 e. The summed E-state index contributed by atoms with van der Waals surface area (Å²) >= 11 is 5.98. The van der Waals surface area contributed by atoms with Gasteiger partial charge in [-0.1, -0.05) is 11.6 Å². The number of rotatable bonds is 5. The minimum atomic E-state index is -3.51. The number of hydrogen-bond donors (Lipinski definition) is 0. The highest BCUT2D eigenvalue weighted by molar-refractivity contribution is 7.89. The Morgan fingerprint density at radius 1 is 1.11 bits per heavy atom.